The molecule has 0 spiro atoms. The summed E-state index contributed by atoms with van der Waals surface area (Å²) in [4.78, 5) is 25.1. The van der Waals surface area contributed by atoms with Gasteiger partial charge in [0.25, 0.3) is 5.91 Å². The largest absolute Gasteiger partial charge is 0.495 e. The highest BCUT2D eigenvalue weighted by atomic mass is 79.9. The standard InChI is InChI=1S/C17H19BrN2O3S/c1-19-17(22)11-6-8-14(23-2)13(10-11)20-16(21)5-3-4-12-7-9-15(18)24-12/h6-10H,3-5H2,1-2H3,(H,19,22)(H,20,21). The number of hydrogen-bond acceptors (Lipinski definition) is 4. The molecule has 128 valence electrons. The first kappa shape index (κ1) is 18.5. The van der Waals surface area contributed by atoms with Gasteiger partial charge in [0.1, 0.15) is 5.75 Å². The van der Waals surface area contributed by atoms with E-state index >= 15 is 0 Å². The molecule has 2 N–H and O–H groups in total. The highest BCUT2D eigenvalue weighted by Gasteiger charge is 2.12. The third-order valence-corrected chi connectivity index (χ3v) is 5.10. The third kappa shape index (κ3) is 5.07. The Balaban J connectivity index is 1.95. The molecule has 2 rings (SSSR count). The molecule has 0 aliphatic carbocycles. The lowest BCUT2D eigenvalue weighted by Gasteiger charge is -2.11. The molecule has 5 nitrogen and oxygen atoms in total. The quantitative estimate of drug-likeness (QED) is 0.728. The van der Waals surface area contributed by atoms with Crippen LogP contribution >= 0.6 is 27.3 Å². The van der Waals surface area contributed by atoms with Gasteiger partial charge in [-0.15, -0.1) is 11.3 Å². The minimum Gasteiger partial charge on any atom is -0.495 e. The maximum absolute atomic E-state index is 12.2. The van der Waals surface area contributed by atoms with Crippen molar-refractivity contribution in [1.82, 2.24) is 5.32 Å². The van der Waals surface area contributed by atoms with E-state index in [0.29, 0.717) is 23.4 Å². The van der Waals surface area contributed by atoms with Gasteiger partial charge in [-0.05, 0) is 59.1 Å². The molecule has 0 atom stereocenters. The summed E-state index contributed by atoms with van der Waals surface area (Å²) in [5.41, 5.74) is 0.972. The van der Waals surface area contributed by atoms with Crippen molar-refractivity contribution in [2.75, 3.05) is 19.5 Å². The Morgan fingerprint density at radius 1 is 1.25 bits per heavy atom. The van der Waals surface area contributed by atoms with Crippen LogP contribution in [0.25, 0.3) is 0 Å². The molecule has 1 aromatic carbocycles. The minimum atomic E-state index is -0.212. The number of methoxy groups -OCH3 is 1. The van der Waals surface area contributed by atoms with Crippen LogP contribution in [0.15, 0.2) is 34.1 Å². The molecule has 1 heterocycles. The molecular formula is C17H19BrN2O3S. The summed E-state index contributed by atoms with van der Waals surface area (Å²) >= 11 is 5.11. The summed E-state index contributed by atoms with van der Waals surface area (Å²) in [6.07, 6.45) is 2.03. The highest BCUT2D eigenvalue weighted by molar-refractivity contribution is 9.11. The van der Waals surface area contributed by atoms with Gasteiger partial charge in [-0.3, -0.25) is 9.59 Å². The summed E-state index contributed by atoms with van der Waals surface area (Å²) in [5, 5.41) is 5.38. The predicted octanol–water partition coefficient (Wildman–Crippen LogP) is 3.84. The monoisotopic (exact) mass is 410 g/mol. The minimum absolute atomic E-state index is 0.0991. The van der Waals surface area contributed by atoms with Gasteiger partial charge < -0.3 is 15.4 Å². The first-order valence-corrected chi connectivity index (χ1v) is 9.08. The first-order chi connectivity index (χ1) is 11.5. The molecule has 0 radical (unpaired) electrons. The van der Waals surface area contributed by atoms with Crippen molar-refractivity contribution >= 4 is 44.8 Å². The second-order valence-corrected chi connectivity index (χ2v) is 7.65. The van der Waals surface area contributed by atoms with Gasteiger partial charge in [-0.2, -0.15) is 0 Å². The van der Waals surface area contributed by atoms with Crippen LogP contribution in [0.5, 0.6) is 5.75 Å². The summed E-state index contributed by atoms with van der Waals surface area (Å²) in [6.45, 7) is 0. The van der Waals surface area contributed by atoms with Crippen LogP contribution in [0.4, 0.5) is 5.69 Å². The SMILES string of the molecule is CNC(=O)c1ccc(OC)c(NC(=O)CCCc2ccc(Br)s2)c1. The lowest BCUT2D eigenvalue weighted by molar-refractivity contribution is -0.116. The molecule has 1 aromatic heterocycles. The Kier molecular flexibility index (Phi) is 6.81. The van der Waals surface area contributed by atoms with Gasteiger partial charge in [-0.25, -0.2) is 0 Å². The lowest BCUT2D eigenvalue weighted by Crippen LogP contribution is -2.18. The number of anilines is 1. The van der Waals surface area contributed by atoms with Crippen LogP contribution in [-0.2, 0) is 11.2 Å². The molecule has 7 heteroatoms. The molecular weight excluding hydrogens is 392 g/mol. The van der Waals surface area contributed by atoms with Crippen LogP contribution in [0.2, 0.25) is 0 Å². The van der Waals surface area contributed by atoms with E-state index in [9.17, 15) is 9.59 Å². The summed E-state index contributed by atoms with van der Waals surface area (Å²) < 4.78 is 6.34. The molecule has 2 aromatic rings. The number of benzene rings is 1. The number of aryl methyl sites for hydroxylation is 1. The van der Waals surface area contributed by atoms with Crippen LogP contribution < -0.4 is 15.4 Å². The molecule has 0 saturated heterocycles. The topological polar surface area (TPSA) is 67.4 Å². The molecule has 0 bridgehead atoms. The van der Waals surface area contributed by atoms with Crippen molar-refractivity contribution in [3.05, 3.63) is 44.6 Å². The second-order valence-electron chi connectivity index (χ2n) is 5.10. The second kappa shape index (κ2) is 8.84. The predicted molar refractivity (Wildman–Crippen MR) is 100.0 cm³/mol. The van der Waals surface area contributed by atoms with E-state index in [2.05, 4.69) is 32.6 Å². The summed E-state index contributed by atoms with van der Waals surface area (Å²) in [7, 11) is 3.09. The molecule has 0 aliphatic heterocycles. The zero-order chi connectivity index (χ0) is 17.5. The number of nitrogens with one attached hydrogen (secondary N) is 2. The fourth-order valence-corrected chi connectivity index (χ4v) is 3.74. The smallest absolute Gasteiger partial charge is 0.251 e. The molecule has 0 saturated carbocycles. The van der Waals surface area contributed by atoms with Crippen molar-refractivity contribution in [3.63, 3.8) is 0 Å². The van der Waals surface area contributed by atoms with Crippen LogP contribution in [0, 0.1) is 0 Å². The van der Waals surface area contributed by atoms with Crippen LogP contribution in [-0.4, -0.2) is 26.0 Å². The van der Waals surface area contributed by atoms with E-state index < -0.39 is 0 Å². The van der Waals surface area contributed by atoms with Crippen molar-refractivity contribution < 1.29 is 14.3 Å². The fraction of sp³-hybridized carbons (Fsp3) is 0.294. The van der Waals surface area contributed by atoms with Gasteiger partial charge in [0.15, 0.2) is 0 Å². The summed E-state index contributed by atoms with van der Waals surface area (Å²) in [5.74, 6) is 0.215. The molecule has 0 aliphatic rings. The van der Waals surface area contributed by atoms with Crippen molar-refractivity contribution in [2.45, 2.75) is 19.3 Å². The molecule has 24 heavy (non-hydrogen) atoms. The number of carbonyl (C=O) groups is 2. The average molecular weight is 411 g/mol. The van der Waals surface area contributed by atoms with Crippen molar-refractivity contribution in [3.8, 4) is 5.75 Å². The first-order valence-electron chi connectivity index (χ1n) is 7.47. The van der Waals surface area contributed by atoms with E-state index in [1.807, 2.05) is 6.07 Å². The third-order valence-electron chi connectivity index (χ3n) is 3.42. The number of halogens is 1. The van der Waals surface area contributed by atoms with E-state index in [-0.39, 0.29) is 11.8 Å². The molecule has 2 amide bonds. The number of rotatable bonds is 7. The summed E-state index contributed by atoms with van der Waals surface area (Å²) in [6, 6.07) is 9.01. The van der Waals surface area contributed by atoms with Crippen molar-refractivity contribution in [2.24, 2.45) is 0 Å². The zero-order valence-electron chi connectivity index (χ0n) is 13.5. The highest BCUT2D eigenvalue weighted by Crippen LogP contribution is 2.26. The Morgan fingerprint density at radius 2 is 2.04 bits per heavy atom. The van der Waals surface area contributed by atoms with E-state index in [1.165, 1.54) is 12.0 Å². The maximum Gasteiger partial charge on any atom is 0.251 e. The van der Waals surface area contributed by atoms with Gasteiger partial charge >= 0.3 is 0 Å². The number of carbonyl (C=O) groups excluding carboxylic acids is 2. The van der Waals surface area contributed by atoms with Gasteiger partial charge in [-0.1, -0.05) is 0 Å². The number of hydrogen-bond donors (Lipinski definition) is 2. The lowest BCUT2D eigenvalue weighted by atomic mass is 10.1. The van der Waals surface area contributed by atoms with Crippen LogP contribution in [0.1, 0.15) is 28.1 Å². The van der Waals surface area contributed by atoms with E-state index in [1.54, 1.807) is 36.6 Å². The average Bonchev–Trinajstić information content (AvgIpc) is 2.99. The van der Waals surface area contributed by atoms with E-state index in [4.69, 9.17) is 4.74 Å². The Labute approximate surface area is 153 Å². The Morgan fingerprint density at radius 3 is 2.67 bits per heavy atom. The molecule has 0 fully saturated rings. The Hall–Kier alpha value is -1.86. The maximum atomic E-state index is 12.2. The Bertz CT molecular complexity index is 730. The molecule has 0 unspecified atom stereocenters. The van der Waals surface area contributed by atoms with E-state index in [0.717, 1.165) is 16.6 Å². The zero-order valence-corrected chi connectivity index (χ0v) is 15.9. The van der Waals surface area contributed by atoms with Gasteiger partial charge in [0.05, 0.1) is 16.6 Å². The van der Waals surface area contributed by atoms with Gasteiger partial charge in [0, 0.05) is 23.9 Å². The number of ether oxygens (including phenoxy) is 1. The number of amides is 2. The fourth-order valence-electron chi connectivity index (χ4n) is 2.21. The van der Waals surface area contributed by atoms with Crippen LogP contribution in [0.3, 0.4) is 0 Å². The normalized spacial score (nSPS) is 10.3. The van der Waals surface area contributed by atoms with Crippen molar-refractivity contribution in [1.29, 1.82) is 0 Å². The number of thiophene rings is 1. The van der Waals surface area contributed by atoms with Gasteiger partial charge in [0.2, 0.25) is 5.91 Å².